The Bertz CT molecular complexity index is 900. The van der Waals surface area contributed by atoms with Crippen molar-refractivity contribution in [3.8, 4) is 5.75 Å². The van der Waals surface area contributed by atoms with Gasteiger partial charge in [0.25, 0.3) is 0 Å². The van der Waals surface area contributed by atoms with E-state index in [-0.39, 0.29) is 12.0 Å². The number of nitrogens with zero attached hydrogens (tertiary/aromatic N) is 1. The van der Waals surface area contributed by atoms with Crippen LogP contribution < -0.4 is 14.4 Å². The zero-order valence-electron chi connectivity index (χ0n) is 16.3. The van der Waals surface area contributed by atoms with Crippen molar-refractivity contribution in [2.24, 2.45) is 0 Å². The van der Waals surface area contributed by atoms with Crippen LogP contribution in [-0.4, -0.2) is 34.2 Å². The highest BCUT2D eigenvalue weighted by molar-refractivity contribution is 7.92. The van der Waals surface area contributed by atoms with Gasteiger partial charge in [-0.3, -0.25) is 9.10 Å². The number of hydrogen-bond acceptors (Lipinski definition) is 4. The van der Waals surface area contributed by atoms with E-state index < -0.39 is 15.9 Å². The average molecular weight is 391 g/mol. The lowest BCUT2D eigenvalue weighted by Crippen LogP contribution is -2.37. The Labute approximate surface area is 161 Å². The van der Waals surface area contributed by atoms with Gasteiger partial charge in [0.1, 0.15) is 12.3 Å². The van der Waals surface area contributed by atoms with Crippen LogP contribution in [0.1, 0.15) is 26.3 Å². The number of ether oxygens (including phenoxy) is 1. The molecular formula is C20H26N2O4S. The molecule has 1 N–H and O–H groups in total. The quantitative estimate of drug-likeness (QED) is 0.820. The van der Waals surface area contributed by atoms with Crippen molar-refractivity contribution in [3.05, 3.63) is 54.1 Å². The molecule has 146 valence electrons. The number of anilines is 2. The Balaban J connectivity index is 2.25. The molecule has 0 aliphatic heterocycles. The second-order valence-corrected chi connectivity index (χ2v) is 9.22. The topological polar surface area (TPSA) is 75.7 Å². The van der Waals surface area contributed by atoms with Crippen LogP contribution in [-0.2, 0) is 20.2 Å². The summed E-state index contributed by atoms with van der Waals surface area (Å²) in [4.78, 5) is 12.6. The van der Waals surface area contributed by atoms with Crippen LogP contribution in [0, 0.1) is 0 Å². The SMILES string of the molecule is COc1ccc(N(CC(=O)Nc2ccccc2C(C)(C)C)S(C)(=O)=O)cc1. The van der Waals surface area contributed by atoms with E-state index in [0.717, 1.165) is 16.1 Å². The van der Waals surface area contributed by atoms with E-state index in [0.29, 0.717) is 17.1 Å². The molecule has 0 fully saturated rings. The number of nitrogens with one attached hydrogen (secondary N) is 1. The van der Waals surface area contributed by atoms with Crippen LogP contribution in [0.4, 0.5) is 11.4 Å². The predicted octanol–water partition coefficient (Wildman–Crippen LogP) is 3.40. The first-order chi connectivity index (χ1) is 12.5. The lowest BCUT2D eigenvalue weighted by Gasteiger charge is -2.25. The average Bonchev–Trinajstić information content (AvgIpc) is 2.58. The van der Waals surface area contributed by atoms with E-state index in [2.05, 4.69) is 26.1 Å². The summed E-state index contributed by atoms with van der Waals surface area (Å²) in [6.07, 6.45) is 1.08. The number of carbonyl (C=O) groups excluding carboxylic acids is 1. The van der Waals surface area contributed by atoms with Crippen molar-refractivity contribution in [1.82, 2.24) is 0 Å². The lowest BCUT2D eigenvalue weighted by atomic mass is 9.86. The molecule has 0 aliphatic carbocycles. The Morgan fingerprint density at radius 1 is 1.07 bits per heavy atom. The third kappa shape index (κ3) is 5.47. The van der Waals surface area contributed by atoms with Crippen molar-refractivity contribution in [3.63, 3.8) is 0 Å². The first-order valence-corrected chi connectivity index (χ1v) is 10.4. The van der Waals surface area contributed by atoms with E-state index in [1.165, 1.54) is 7.11 Å². The molecule has 2 aromatic rings. The molecule has 0 saturated heterocycles. The first kappa shape index (κ1) is 20.8. The minimum atomic E-state index is -3.63. The number of para-hydroxylation sites is 1. The first-order valence-electron chi connectivity index (χ1n) is 8.53. The van der Waals surface area contributed by atoms with Crippen molar-refractivity contribution in [2.75, 3.05) is 29.5 Å². The lowest BCUT2D eigenvalue weighted by molar-refractivity contribution is -0.114. The van der Waals surface area contributed by atoms with Gasteiger partial charge in [-0.05, 0) is 41.3 Å². The van der Waals surface area contributed by atoms with E-state index in [1.807, 2.05) is 24.3 Å². The number of amides is 1. The molecule has 0 radical (unpaired) electrons. The second-order valence-electron chi connectivity index (χ2n) is 7.31. The molecule has 0 unspecified atom stereocenters. The van der Waals surface area contributed by atoms with E-state index in [9.17, 15) is 13.2 Å². The van der Waals surface area contributed by atoms with Crippen LogP contribution in [0.25, 0.3) is 0 Å². The zero-order valence-corrected chi connectivity index (χ0v) is 17.1. The molecule has 0 aromatic heterocycles. The Morgan fingerprint density at radius 2 is 1.67 bits per heavy atom. The maximum absolute atomic E-state index is 12.6. The molecule has 0 saturated carbocycles. The highest BCUT2D eigenvalue weighted by Gasteiger charge is 2.23. The monoisotopic (exact) mass is 390 g/mol. The maximum atomic E-state index is 12.6. The predicted molar refractivity (Wildman–Crippen MR) is 109 cm³/mol. The number of hydrogen-bond donors (Lipinski definition) is 1. The molecule has 0 bridgehead atoms. The summed E-state index contributed by atoms with van der Waals surface area (Å²) in [7, 11) is -2.10. The highest BCUT2D eigenvalue weighted by Crippen LogP contribution is 2.29. The van der Waals surface area contributed by atoms with Crippen molar-refractivity contribution < 1.29 is 17.9 Å². The largest absolute Gasteiger partial charge is 0.497 e. The standard InChI is InChI=1S/C20H26N2O4S/c1-20(2,3)17-8-6-7-9-18(17)21-19(23)14-22(27(5,24)25)15-10-12-16(26-4)13-11-15/h6-13H,14H2,1-5H3,(H,21,23). The molecule has 0 heterocycles. The van der Waals surface area contributed by atoms with E-state index in [1.54, 1.807) is 24.3 Å². The molecule has 6 nitrogen and oxygen atoms in total. The van der Waals surface area contributed by atoms with Crippen LogP contribution in [0.2, 0.25) is 0 Å². The number of rotatable bonds is 6. The zero-order chi connectivity index (χ0) is 20.2. The molecule has 0 aliphatic rings. The van der Waals surface area contributed by atoms with Crippen molar-refractivity contribution >= 4 is 27.3 Å². The van der Waals surface area contributed by atoms with Crippen molar-refractivity contribution in [1.29, 1.82) is 0 Å². The van der Waals surface area contributed by atoms with Gasteiger partial charge >= 0.3 is 0 Å². The van der Waals surface area contributed by atoms with Gasteiger partial charge in [-0.25, -0.2) is 8.42 Å². The van der Waals surface area contributed by atoms with Crippen molar-refractivity contribution in [2.45, 2.75) is 26.2 Å². The fourth-order valence-electron chi connectivity index (χ4n) is 2.71. The van der Waals surface area contributed by atoms with Crippen LogP contribution >= 0.6 is 0 Å². The molecule has 2 aromatic carbocycles. The second kappa shape index (κ2) is 8.00. The number of benzene rings is 2. The molecule has 27 heavy (non-hydrogen) atoms. The summed E-state index contributed by atoms with van der Waals surface area (Å²) in [6.45, 7) is 5.85. The third-order valence-corrected chi connectivity index (χ3v) is 5.20. The van der Waals surface area contributed by atoms with Gasteiger partial charge in [0.15, 0.2) is 0 Å². The van der Waals surface area contributed by atoms with E-state index in [4.69, 9.17) is 4.74 Å². The Morgan fingerprint density at radius 3 is 2.19 bits per heavy atom. The molecule has 0 atom stereocenters. The van der Waals surface area contributed by atoms with Crippen LogP contribution in [0.3, 0.4) is 0 Å². The van der Waals surface area contributed by atoms with Gasteiger partial charge in [-0.15, -0.1) is 0 Å². The molecule has 2 rings (SSSR count). The van der Waals surface area contributed by atoms with Crippen LogP contribution in [0.15, 0.2) is 48.5 Å². The minimum absolute atomic E-state index is 0.156. The van der Waals surface area contributed by atoms with Gasteiger partial charge in [0, 0.05) is 5.69 Å². The summed E-state index contributed by atoms with van der Waals surface area (Å²) < 4.78 is 30.6. The van der Waals surface area contributed by atoms with Gasteiger partial charge in [0.2, 0.25) is 15.9 Å². The van der Waals surface area contributed by atoms with E-state index >= 15 is 0 Å². The Hall–Kier alpha value is -2.54. The highest BCUT2D eigenvalue weighted by atomic mass is 32.2. The molecule has 0 spiro atoms. The smallest absolute Gasteiger partial charge is 0.245 e. The molecule has 1 amide bonds. The fourth-order valence-corrected chi connectivity index (χ4v) is 3.57. The van der Waals surface area contributed by atoms with Gasteiger partial charge in [-0.2, -0.15) is 0 Å². The summed E-state index contributed by atoms with van der Waals surface area (Å²) in [5.41, 5.74) is 1.90. The summed E-state index contributed by atoms with van der Waals surface area (Å²) in [5, 5.41) is 2.84. The normalized spacial score (nSPS) is 11.7. The molecular weight excluding hydrogens is 364 g/mol. The molecule has 7 heteroatoms. The number of sulfonamides is 1. The van der Waals surface area contributed by atoms with Gasteiger partial charge in [0.05, 0.1) is 19.1 Å². The van der Waals surface area contributed by atoms with Gasteiger partial charge in [-0.1, -0.05) is 39.0 Å². The number of carbonyl (C=O) groups is 1. The van der Waals surface area contributed by atoms with Gasteiger partial charge < -0.3 is 10.1 Å². The third-order valence-electron chi connectivity index (χ3n) is 4.06. The fraction of sp³-hybridized carbons (Fsp3) is 0.350. The summed E-state index contributed by atoms with van der Waals surface area (Å²) in [5.74, 6) is 0.198. The maximum Gasteiger partial charge on any atom is 0.245 e. The summed E-state index contributed by atoms with van der Waals surface area (Å²) in [6, 6.07) is 14.0. The Kier molecular flexibility index (Phi) is 6.15. The number of methoxy groups -OCH3 is 1. The van der Waals surface area contributed by atoms with Crippen LogP contribution in [0.5, 0.6) is 5.75 Å². The minimum Gasteiger partial charge on any atom is -0.497 e. The summed E-state index contributed by atoms with van der Waals surface area (Å²) >= 11 is 0.